The van der Waals surface area contributed by atoms with Gasteiger partial charge in [-0.05, 0) is 42.0 Å². The minimum Gasteiger partial charge on any atom is -0.348 e. The smallest absolute Gasteiger partial charge is 0.251 e. The highest BCUT2D eigenvalue weighted by Gasteiger charge is 2.07. The molecule has 2 aromatic carbocycles. The van der Waals surface area contributed by atoms with Crippen LogP contribution >= 0.6 is 11.6 Å². The zero-order chi connectivity index (χ0) is 14.5. The van der Waals surface area contributed by atoms with Crippen LogP contribution in [0.25, 0.3) is 0 Å². The van der Waals surface area contributed by atoms with Crippen LogP contribution in [0.15, 0.2) is 42.5 Å². The lowest BCUT2D eigenvalue weighted by Crippen LogP contribution is -2.22. The molecular formula is C15H10ClFN2O. The summed E-state index contributed by atoms with van der Waals surface area (Å²) in [7, 11) is 0. The third-order valence-corrected chi connectivity index (χ3v) is 3.08. The predicted molar refractivity (Wildman–Crippen MR) is 73.7 cm³/mol. The van der Waals surface area contributed by atoms with Gasteiger partial charge in [0.1, 0.15) is 5.82 Å². The van der Waals surface area contributed by atoms with Crippen LogP contribution in [0, 0.1) is 17.1 Å². The Kier molecular flexibility index (Phi) is 4.34. The van der Waals surface area contributed by atoms with E-state index in [-0.39, 0.29) is 17.5 Å². The van der Waals surface area contributed by atoms with E-state index in [1.54, 1.807) is 24.3 Å². The minimum atomic E-state index is -0.419. The minimum absolute atomic E-state index is 0.206. The molecule has 2 aromatic rings. The first kappa shape index (κ1) is 14.0. The maximum Gasteiger partial charge on any atom is 0.251 e. The average molecular weight is 289 g/mol. The van der Waals surface area contributed by atoms with E-state index < -0.39 is 5.82 Å². The summed E-state index contributed by atoms with van der Waals surface area (Å²) in [6.07, 6.45) is 0. The van der Waals surface area contributed by atoms with Crippen LogP contribution in [-0.4, -0.2) is 5.91 Å². The van der Waals surface area contributed by atoms with Crippen molar-refractivity contribution in [1.82, 2.24) is 5.32 Å². The highest BCUT2D eigenvalue weighted by Crippen LogP contribution is 2.17. The summed E-state index contributed by atoms with van der Waals surface area (Å²) < 4.78 is 12.9. The molecule has 0 saturated carbocycles. The van der Waals surface area contributed by atoms with Gasteiger partial charge in [-0.1, -0.05) is 17.7 Å². The lowest BCUT2D eigenvalue weighted by atomic mass is 10.1. The molecule has 0 aromatic heterocycles. The second kappa shape index (κ2) is 6.18. The van der Waals surface area contributed by atoms with Crippen molar-refractivity contribution in [2.45, 2.75) is 6.54 Å². The number of carbonyl (C=O) groups excluding carboxylic acids is 1. The molecule has 1 N–H and O–H groups in total. The van der Waals surface area contributed by atoms with Crippen molar-refractivity contribution in [3.05, 3.63) is 70.0 Å². The summed E-state index contributed by atoms with van der Waals surface area (Å²) in [6.45, 7) is 0.206. The Morgan fingerprint density at radius 3 is 2.55 bits per heavy atom. The van der Waals surface area contributed by atoms with Crippen molar-refractivity contribution in [2.24, 2.45) is 0 Å². The first-order valence-corrected chi connectivity index (χ1v) is 6.20. The molecule has 0 heterocycles. The number of amides is 1. The largest absolute Gasteiger partial charge is 0.348 e. The highest BCUT2D eigenvalue weighted by atomic mass is 35.5. The van der Waals surface area contributed by atoms with Gasteiger partial charge in [0.25, 0.3) is 5.91 Å². The number of rotatable bonds is 3. The molecule has 20 heavy (non-hydrogen) atoms. The van der Waals surface area contributed by atoms with Crippen molar-refractivity contribution < 1.29 is 9.18 Å². The fourth-order valence-electron chi connectivity index (χ4n) is 1.64. The van der Waals surface area contributed by atoms with E-state index in [1.165, 1.54) is 18.2 Å². The van der Waals surface area contributed by atoms with Crippen molar-refractivity contribution in [2.75, 3.05) is 0 Å². The highest BCUT2D eigenvalue weighted by molar-refractivity contribution is 6.31. The van der Waals surface area contributed by atoms with Gasteiger partial charge in [-0.25, -0.2) is 4.39 Å². The normalized spacial score (nSPS) is 9.85. The maximum absolute atomic E-state index is 12.9. The molecule has 5 heteroatoms. The van der Waals surface area contributed by atoms with Crippen LogP contribution < -0.4 is 5.32 Å². The summed E-state index contributed by atoms with van der Waals surface area (Å²) in [5.74, 6) is -0.702. The molecule has 2 rings (SSSR count). The molecule has 0 atom stereocenters. The van der Waals surface area contributed by atoms with E-state index in [1.807, 2.05) is 6.07 Å². The van der Waals surface area contributed by atoms with Gasteiger partial charge < -0.3 is 5.32 Å². The van der Waals surface area contributed by atoms with Gasteiger partial charge >= 0.3 is 0 Å². The average Bonchev–Trinajstić information content (AvgIpc) is 2.46. The van der Waals surface area contributed by atoms with E-state index in [0.29, 0.717) is 16.7 Å². The number of hydrogen-bond donors (Lipinski definition) is 1. The number of hydrogen-bond acceptors (Lipinski definition) is 2. The first-order valence-electron chi connectivity index (χ1n) is 5.82. The third-order valence-electron chi connectivity index (χ3n) is 2.73. The quantitative estimate of drug-likeness (QED) is 0.942. The fourth-order valence-corrected chi connectivity index (χ4v) is 1.87. The molecule has 100 valence electrons. The molecule has 0 spiro atoms. The van der Waals surface area contributed by atoms with Gasteiger partial charge in [0.05, 0.1) is 11.6 Å². The van der Waals surface area contributed by atoms with E-state index in [2.05, 4.69) is 5.32 Å². The van der Waals surface area contributed by atoms with Gasteiger partial charge in [-0.3, -0.25) is 4.79 Å². The topological polar surface area (TPSA) is 52.9 Å². The number of nitriles is 1. The number of nitrogens with zero attached hydrogens (tertiary/aromatic N) is 1. The molecule has 0 aliphatic heterocycles. The lowest BCUT2D eigenvalue weighted by Gasteiger charge is -2.07. The third kappa shape index (κ3) is 3.34. The number of halogens is 2. The van der Waals surface area contributed by atoms with Crippen molar-refractivity contribution >= 4 is 17.5 Å². The zero-order valence-corrected chi connectivity index (χ0v) is 11.1. The number of carbonyl (C=O) groups is 1. The van der Waals surface area contributed by atoms with E-state index in [0.717, 1.165) is 0 Å². The molecule has 0 radical (unpaired) electrons. The summed E-state index contributed by atoms with van der Waals surface area (Å²) in [4.78, 5) is 11.9. The Morgan fingerprint density at radius 2 is 1.95 bits per heavy atom. The summed E-state index contributed by atoms with van der Waals surface area (Å²) >= 11 is 5.87. The first-order chi connectivity index (χ1) is 9.60. The van der Waals surface area contributed by atoms with Crippen molar-refractivity contribution in [3.8, 4) is 6.07 Å². The Hall–Kier alpha value is -2.38. The second-order valence-corrected chi connectivity index (χ2v) is 4.51. The molecule has 0 unspecified atom stereocenters. The van der Waals surface area contributed by atoms with Crippen LogP contribution in [-0.2, 0) is 6.54 Å². The maximum atomic E-state index is 12.9. The Bertz CT molecular complexity index is 677. The lowest BCUT2D eigenvalue weighted by molar-refractivity contribution is 0.0951. The van der Waals surface area contributed by atoms with Gasteiger partial charge in [-0.15, -0.1) is 0 Å². The van der Waals surface area contributed by atoms with Gasteiger partial charge in [-0.2, -0.15) is 5.26 Å². The molecule has 0 aliphatic rings. The predicted octanol–water partition coefficient (Wildman–Crippen LogP) is 3.28. The molecule has 0 aliphatic carbocycles. The van der Waals surface area contributed by atoms with Gasteiger partial charge in [0.15, 0.2) is 0 Å². The van der Waals surface area contributed by atoms with E-state index >= 15 is 0 Å². The number of nitrogens with one attached hydrogen (secondary N) is 1. The standard InChI is InChI=1S/C15H10ClFN2O/c16-14-7-13(17)6-5-12(14)9-19-15(20)11-3-1-10(8-18)2-4-11/h1-7H,9H2,(H,19,20). The van der Waals surface area contributed by atoms with Crippen LogP contribution in [0.1, 0.15) is 21.5 Å². The molecule has 3 nitrogen and oxygen atoms in total. The van der Waals surface area contributed by atoms with E-state index in [9.17, 15) is 9.18 Å². The van der Waals surface area contributed by atoms with Gasteiger partial charge in [0, 0.05) is 17.1 Å². The van der Waals surface area contributed by atoms with E-state index in [4.69, 9.17) is 16.9 Å². The second-order valence-electron chi connectivity index (χ2n) is 4.11. The Labute approximate surface area is 120 Å². The summed E-state index contributed by atoms with van der Waals surface area (Å²) in [5, 5.41) is 11.6. The van der Waals surface area contributed by atoms with Gasteiger partial charge in [0.2, 0.25) is 0 Å². The molecular weight excluding hydrogens is 279 g/mol. The van der Waals surface area contributed by atoms with Crippen LogP contribution in [0.4, 0.5) is 4.39 Å². The Morgan fingerprint density at radius 1 is 1.25 bits per heavy atom. The Balaban J connectivity index is 2.03. The summed E-state index contributed by atoms with van der Waals surface area (Å²) in [5.41, 5.74) is 1.57. The van der Waals surface area contributed by atoms with Crippen LogP contribution in [0.3, 0.4) is 0 Å². The van der Waals surface area contributed by atoms with Crippen LogP contribution in [0.5, 0.6) is 0 Å². The fraction of sp³-hybridized carbons (Fsp3) is 0.0667. The molecule has 1 amide bonds. The summed E-state index contributed by atoms with van der Waals surface area (Å²) in [6, 6.07) is 12.3. The van der Waals surface area contributed by atoms with Crippen LogP contribution in [0.2, 0.25) is 5.02 Å². The zero-order valence-electron chi connectivity index (χ0n) is 10.4. The van der Waals surface area contributed by atoms with Crippen molar-refractivity contribution in [3.63, 3.8) is 0 Å². The molecule has 0 fully saturated rings. The molecule has 0 saturated heterocycles. The SMILES string of the molecule is N#Cc1ccc(C(=O)NCc2ccc(F)cc2Cl)cc1. The monoisotopic (exact) mass is 288 g/mol. The number of benzene rings is 2. The van der Waals surface area contributed by atoms with Crippen molar-refractivity contribution in [1.29, 1.82) is 5.26 Å². The molecule has 0 bridgehead atoms.